The molecule has 0 aliphatic heterocycles. The number of anilines is 1. The third-order valence-electron chi connectivity index (χ3n) is 6.09. The van der Waals surface area contributed by atoms with Crippen LogP contribution in [0.5, 0.6) is 5.75 Å². The zero-order valence-electron chi connectivity index (χ0n) is 18.2. The Bertz CT molecular complexity index is 1090. The van der Waals surface area contributed by atoms with Gasteiger partial charge >= 0.3 is 0 Å². The second kappa shape index (κ2) is 9.67. The number of hydrogen-bond acceptors (Lipinski definition) is 5. The standard InChI is InChI=1S/C23H29N7O2/c1-32-18-8-4-16(5-9-18)14-30-21-19(13-28-30)20(10-11-26-21)29-22(31)17-6-2-15(3-7-17)12-27-23(24)25/h4-5,8-11,13,15,17H,2-3,6-7,12,14H2,1H3,(H4,24,25,27)(H,26,29,31)/t15-,17-. The number of benzene rings is 1. The van der Waals surface area contributed by atoms with Gasteiger partial charge in [-0.3, -0.25) is 10.2 Å². The van der Waals surface area contributed by atoms with Gasteiger partial charge in [-0.1, -0.05) is 12.1 Å². The maximum atomic E-state index is 12.9. The molecule has 2 heterocycles. The van der Waals surface area contributed by atoms with Crippen LogP contribution in [-0.4, -0.2) is 40.3 Å². The Morgan fingerprint density at radius 3 is 2.66 bits per heavy atom. The van der Waals surface area contributed by atoms with E-state index in [1.165, 1.54) is 0 Å². The van der Waals surface area contributed by atoms with Crippen molar-refractivity contribution in [1.82, 2.24) is 20.1 Å². The molecule has 1 amide bonds. The molecule has 3 aromatic rings. The van der Waals surface area contributed by atoms with Crippen molar-refractivity contribution >= 4 is 28.6 Å². The number of ether oxygens (including phenoxy) is 1. The summed E-state index contributed by atoms with van der Waals surface area (Å²) < 4.78 is 7.05. The Labute approximate surface area is 186 Å². The lowest BCUT2D eigenvalue weighted by atomic mass is 9.81. The van der Waals surface area contributed by atoms with Gasteiger partial charge in [0.15, 0.2) is 11.6 Å². The molecule has 1 saturated carbocycles. The smallest absolute Gasteiger partial charge is 0.227 e. The van der Waals surface area contributed by atoms with Gasteiger partial charge < -0.3 is 21.1 Å². The molecule has 0 saturated heterocycles. The van der Waals surface area contributed by atoms with Gasteiger partial charge in [0.05, 0.1) is 30.9 Å². The topological polar surface area (TPSA) is 131 Å². The molecular formula is C23H29N7O2. The quantitative estimate of drug-likeness (QED) is 0.333. The lowest BCUT2D eigenvalue weighted by Gasteiger charge is -2.28. The number of methoxy groups -OCH3 is 1. The zero-order valence-corrected chi connectivity index (χ0v) is 18.2. The number of nitrogens with one attached hydrogen (secondary N) is 3. The van der Waals surface area contributed by atoms with Crippen LogP contribution in [-0.2, 0) is 11.3 Å². The lowest BCUT2D eigenvalue weighted by Crippen LogP contribution is -2.36. The predicted molar refractivity (Wildman–Crippen MR) is 124 cm³/mol. The van der Waals surface area contributed by atoms with E-state index in [1.807, 2.05) is 35.0 Å². The maximum absolute atomic E-state index is 12.9. The molecule has 0 atom stereocenters. The first-order valence-corrected chi connectivity index (χ1v) is 10.9. The molecule has 5 N–H and O–H groups in total. The van der Waals surface area contributed by atoms with Crippen LogP contribution in [0, 0.1) is 17.2 Å². The van der Waals surface area contributed by atoms with Gasteiger partial charge in [-0.2, -0.15) is 5.10 Å². The SMILES string of the molecule is COc1ccc(Cn2ncc3c(NC(=O)[C@H]4CC[C@H](CNC(=N)N)CC4)ccnc32)cc1. The van der Waals surface area contributed by atoms with Crippen LogP contribution in [0.25, 0.3) is 11.0 Å². The van der Waals surface area contributed by atoms with Gasteiger partial charge in [0.2, 0.25) is 5.91 Å². The van der Waals surface area contributed by atoms with Crippen LogP contribution in [0.15, 0.2) is 42.7 Å². The van der Waals surface area contributed by atoms with E-state index in [2.05, 4.69) is 20.7 Å². The normalized spacial score (nSPS) is 18.3. The molecule has 9 heteroatoms. The van der Waals surface area contributed by atoms with E-state index in [0.717, 1.165) is 53.7 Å². The number of aromatic nitrogens is 3. The Morgan fingerprint density at radius 1 is 1.22 bits per heavy atom. The fourth-order valence-electron chi connectivity index (χ4n) is 4.22. The van der Waals surface area contributed by atoms with E-state index in [-0.39, 0.29) is 17.8 Å². The maximum Gasteiger partial charge on any atom is 0.227 e. The highest BCUT2D eigenvalue weighted by Crippen LogP contribution is 2.30. The number of pyridine rings is 1. The summed E-state index contributed by atoms with van der Waals surface area (Å²) >= 11 is 0. The van der Waals surface area contributed by atoms with Crippen molar-refractivity contribution < 1.29 is 9.53 Å². The summed E-state index contributed by atoms with van der Waals surface area (Å²) in [6, 6.07) is 9.67. The number of rotatable bonds is 7. The minimum Gasteiger partial charge on any atom is -0.497 e. The fourth-order valence-corrected chi connectivity index (χ4v) is 4.22. The van der Waals surface area contributed by atoms with Gasteiger partial charge in [0.25, 0.3) is 0 Å². The average Bonchev–Trinajstić information content (AvgIpc) is 3.22. The summed E-state index contributed by atoms with van der Waals surface area (Å²) in [5.74, 6) is 1.29. The first kappa shape index (κ1) is 21.6. The average molecular weight is 436 g/mol. The third-order valence-corrected chi connectivity index (χ3v) is 6.09. The van der Waals surface area contributed by atoms with E-state index in [9.17, 15) is 4.79 Å². The summed E-state index contributed by atoms with van der Waals surface area (Å²) in [6.07, 6.45) is 7.02. The van der Waals surface area contributed by atoms with Crippen LogP contribution in [0.4, 0.5) is 5.69 Å². The molecule has 1 fully saturated rings. The molecule has 2 aromatic heterocycles. The minimum absolute atomic E-state index is 0.000826. The van der Waals surface area contributed by atoms with Crippen molar-refractivity contribution in [3.8, 4) is 5.75 Å². The largest absolute Gasteiger partial charge is 0.497 e. The van der Waals surface area contributed by atoms with Crippen molar-refractivity contribution in [3.05, 3.63) is 48.3 Å². The number of hydrogen-bond donors (Lipinski definition) is 4. The Hall–Kier alpha value is -3.62. The lowest BCUT2D eigenvalue weighted by molar-refractivity contribution is -0.121. The summed E-state index contributed by atoms with van der Waals surface area (Å²) in [4.78, 5) is 17.4. The number of guanidine groups is 1. The minimum atomic E-state index is -0.0128. The van der Waals surface area contributed by atoms with Gasteiger partial charge in [-0.25, -0.2) is 9.67 Å². The highest BCUT2D eigenvalue weighted by Gasteiger charge is 2.26. The van der Waals surface area contributed by atoms with E-state index < -0.39 is 0 Å². The highest BCUT2D eigenvalue weighted by atomic mass is 16.5. The molecule has 0 spiro atoms. The van der Waals surface area contributed by atoms with E-state index in [4.69, 9.17) is 15.9 Å². The molecule has 168 valence electrons. The van der Waals surface area contributed by atoms with Gasteiger partial charge in [0, 0.05) is 18.7 Å². The Morgan fingerprint density at radius 2 is 1.97 bits per heavy atom. The number of carbonyl (C=O) groups excluding carboxylic acids is 1. The molecule has 0 radical (unpaired) electrons. The molecular weight excluding hydrogens is 406 g/mol. The number of fused-ring (bicyclic) bond motifs is 1. The van der Waals surface area contributed by atoms with Crippen LogP contribution in [0.1, 0.15) is 31.2 Å². The van der Waals surface area contributed by atoms with Crippen LogP contribution in [0.3, 0.4) is 0 Å². The monoisotopic (exact) mass is 435 g/mol. The second-order valence-corrected chi connectivity index (χ2v) is 8.25. The summed E-state index contributed by atoms with van der Waals surface area (Å²) in [5.41, 5.74) is 7.92. The summed E-state index contributed by atoms with van der Waals surface area (Å²) in [5, 5.41) is 18.6. The molecule has 4 rings (SSSR count). The first-order chi connectivity index (χ1) is 15.5. The molecule has 0 unspecified atom stereocenters. The molecule has 1 aromatic carbocycles. The van der Waals surface area contributed by atoms with Crippen molar-refractivity contribution in [2.24, 2.45) is 17.6 Å². The number of nitrogens with two attached hydrogens (primary N) is 1. The number of nitrogens with zero attached hydrogens (tertiary/aromatic N) is 3. The van der Waals surface area contributed by atoms with E-state index in [1.54, 1.807) is 19.5 Å². The van der Waals surface area contributed by atoms with Gasteiger partial charge in [-0.15, -0.1) is 0 Å². The first-order valence-electron chi connectivity index (χ1n) is 10.9. The van der Waals surface area contributed by atoms with Crippen molar-refractivity contribution in [3.63, 3.8) is 0 Å². The highest BCUT2D eigenvalue weighted by molar-refractivity contribution is 6.00. The zero-order chi connectivity index (χ0) is 22.5. The molecule has 1 aliphatic rings. The Balaban J connectivity index is 1.40. The fraction of sp³-hybridized carbons (Fsp3) is 0.391. The molecule has 0 bridgehead atoms. The van der Waals surface area contributed by atoms with Crippen LogP contribution < -0.4 is 21.1 Å². The van der Waals surface area contributed by atoms with Crippen molar-refractivity contribution in [1.29, 1.82) is 5.41 Å². The number of carbonyl (C=O) groups is 1. The van der Waals surface area contributed by atoms with Crippen molar-refractivity contribution in [2.45, 2.75) is 32.2 Å². The second-order valence-electron chi connectivity index (χ2n) is 8.25. The third kappa shape index (κ3) is 4.99. The predicted octanol–water partition coefficient (Wildman–Crippen LogP) is 2.72. The molecule has 1 aliphatic carbocycles. The molecule has 9 nitrogen and oxygen atoms in total. The molecule has 32 heavy (non-hydrogen) atoms. The van der Waals surface area contributed by atoms with Gasteiger partial charge in [0.1, 0.15) is 5.75 Å². The summed E-state index contributed by atoms with van der Waals surface area (Å²) in [7, 11) is 1.65. The van der Waals surface area contributed by atoms with E-state index >= 15 is 0 Å². The summed E-state index contributed by atoms with van der Waals surface area (Å²) in [6.45, 7) is 1.28. The van der Waals surface area contributed by atoms with Crippen LogP contribution in [0.2, 0.25) is 0 Å². The van der Waals surface area contributed by atoms with E-state index in [0.29, 0.717) is 19.0 Å². The van der Waals surface area contributed by atoms with Crippen LogP contribution >= 0.6 is 0 Å². The van der Waals surface area contributed by atoms with Crippen molar-refractivity contribution in [2.75, 3.05) is 19.0 Å². The van der Waals surface area contributed by atoms with Gasteiger partial charge in [-0.05, 0) is 55.4 Å². The Kier molecular flexibility index (Phi) is 6.53. The number of amides is 1.